The van der Waals surface area contributed by atoms with E-state index in [2.05, 4.69) is 13.2 Å². The van der Waals surface area contributed by atoms with Gasteiger partial charge in [0.2, 0.25) is 0 Å². The van der Waals surface area contributed by atoms with E-state index >= 15 is 0 Å². The van der Waals surface area contributed by atoms with E-state index in [1.54, 1.807) is 18.2 Å². The molecule has 112 valence electrons. The maximum atomic E-state index is 11.1. The van der Waals surface area contributed by atoms with Gasteiger partial charge < -0.3 is 9.62 Å². The van der Waals surface area contributed by atoms with Crippen LogP contribution in [0.3, 0.4) is 0 Å². The Morgan fingerprint density at radius 2 is 1.45 bits per heavy atom. The summed E-state index contributed by atoms with van der Waals surface area (Å²) in [7, 11) is 0. The molecule has 0 saturated carbocycles. The van der Waals surface area contributed by atoms with Gasteiger partial charge in [0.25, 0.3) is 0 Å². The SMILES string of the molecule is C=CCOOc1ccc(-c2ccc(OC(=O)C=C)cc2)cc1. The number of benzene rings is 2. The first-order chi connectivity index (χ1) is 10.7. The van der Waals surface area contributed by atoms with Crippen LogP contribution in [-0.2, 0) is 9.68 Å². The Bertz CT molecular complexity index is 642. The zero-order chi connectivity index (χ0) is 15.8. The van der Waals surface area contributed by atoms with Crippen molar-refractivity contribution < 1.29 is 19.3 Å². The average Bonchev–Trinajstić information content (AvgIpc) is 2.56. The number of carbonyl (C=O) groups is 1. The molecule has 2 rings (SSSR count). The molecule has 0 radical (unpaired) electrons. The molecule has 0 fully saturated rings. The Morgan fingerprint density at radius 1 is 0.909 bits per heavy atom. The second kappa shape index (κ2) is 7.81. The van der Waals surface area contributed by atoms with E-state index < -0.39 is 5.97 Å². The van der Waals surface area contributed by atoms with Gasteiger partial charge in [0.1, 0.15) is 12.4 Å². The van der Waals surface area contributed by atoms with Gasteiger partial charge in [0, 0.05) is 6.08 Å². The molecule has 0 aliphatic heterocycles. The lowest BCUT2D eigenvalue weighted by Gasteiger charge is -2.06. The van der Waals surface area contributed by atoms with Gasteiger partial charge >= 0.3 is 5.97 Å². The average molecular weight is 296 g/mol. The Balaban J connectivity index is 2.03. The summed E-state index contributed by atoms with van der Waals surface area (Å²) in [5, 5.41) is 0. The third kappa shape index (κ3) is 4.33. The Hall–Kier alpha value is -2.85. The molecule has 0 amide bonds. The molecule has 0 unspecified atom stereocenters. The number of hydrogen-bond acceptors (Lipinski definition) is 4. The lowest BCUT2D eigenvalue weighted by molar-refractivity contribution is -0.195. The number of hydrogen-bond donors (Lipinski definition) is 0. The molecule has 0 heterocycles. The third-order valence-electron chi connectivity index (χ3n) is 2.77. The van der Waals surface area contributed by atoms with Crippen molar-refractivity contribution in [2.24, 2.45) is 0 Å². The largest absolute Gasteiger partial charge is 0.423 e. The molecular weight excluding hydrogens is 280 g/mol. The van der Waals surface area contributed by atoms with E-state index in [1.165, 1.54) is 0 Å². The maximum absolute atomic E-state index is 11.1. The van der Waals surface area contributed by atoms with Crippen molar-refractivity contribution >= 4 is 5.97 Å². The fourth-order valence-corrected chi connectivity index (χ4v) is 1.73. The van der Waals surface area contributed by atoms with Crippen LogP contribution in [0.25, 0.3) is 11.1 Å². The smallest absolute Gasteiger partial charge is 0.335 e. The Kier molecular flexibility index (Phi) is 5.51. The van der Waals surface area contributed by atoms with Crippen molar-refractivity contribution in [3.63, 3.8) is 0 Å². The monoisotopic (exact) mass is 296 g/mol. The molecule has 2 aromatic carbocycles. The van der Waals surface area contributed by atoms with Crippen LogP contribution in [0.5, 0.6) is 11.5 Å². The summed E-state index contributed by atoms with van der Waals surface area (Å²) in [6, 6.07) is 14.6. The van der Waals surface area contributed by atoms with Crippen LogP contribution in [0, 0.1) is 0 Å². The molecule has 0 aromatic heterocycles. The van der Waals surface area contributed by atoms with E-state index in [0.29, 0.717) is 18.1 Å². The number of ether oxygens (including phenoxy) is 1. The van der Waals surface area contributed by atoms with Crippen molar-refractivity contribution in [3.05, 3.63) is 73.8 Å². The van der Waals surface area contributed by atoms with Crippen LogP contribution >= 0.6 is 0 Å². The molecule has 0 aliphatic rings. The summed E-state index contributed by atoms with van der Waals surface area (Å²) in [4.78, 5) is 21.1. The fraction of sp³-hybridized carbons (Fsp3) is 0.0556. The Labute approximate surface area is 129 Å². The number of rotatable bonds is 7. The molecule has 0 saturated heterocycles. The molecule has 4 nitrogen and oxygen atoms in total. The zero-order valence-corrected chi connectivity index (χ0v) is 12.0. The highest BCUT2D eigenvalue weighted by molar-refractivity contribution is 5.83. The summed E-state index contributed by atoms with van der Waals surface area (Å²) < 4.78 is 5.03. The summed E-state index contributed by atoms with van der Waals surface area (Å²) in [6.45, 7) is 7.22. The minimum atomic E-state index is -0.478. The van der Waals surface area contributed by atoms with Crippen LogP contribution in [0.4, 0.5) is 0 Å². The maximum Gasteiger partial charge on any atom is 0.335 e. The van der Waals surface area contributed by atoms with Gasteiger partial charge in [-0.15, -0.1) is 6.58 Å². The molecular formula is C18H16O4. The lowest BCUT2D eigenvalue weighted by Crippen LogP contribution is -2.02. The van der Waals surface area contributed by atoms with Crippen molar-refractivity contribution in [1.29, 1.82) is 0 Å². The first-order valence-corrected chi connectivity index (χ1v) is 6.68. The molecule has 4 heteroatoms. The highest BCUT2D eigenvalue weighted by Gasteiger charge is 2.02. The van der Waals surface area contributed by atoms with Crippen molar-refractivity contribution in [3.8, 4) is 22.6 Å². The molecule has 22 heavy (non-hydrogen) atoms. The second-order valence-electron chi connectivity index (χ2n) is 4.33. The van der Waals surface area contributed by atoms with Crippen molar-refractivity contribution in [1.82, 2.24) is 0 Å². The van der Waals surface area contributed by atoms with E-state index in [0.717, 1.165) is 17.2 Å². The fourth-order valence-electron chi connectivity index (χ4n) is 1.73. The van der Waals surface area contributed by atoms with Gasteiger partial charge in [-0.25, -0.2) is 4.79 Å². The van der Waals surface area contributed by atoms with Crippen LogP contribution in [0.15, 0.2) is 73.8 Å². The van der Waals surface area contributed by atoms with Gasteiger partial charge in [0.05, 0.1) is 0 Å². The molecule has 0 aliphatic carbocycles. The molecule has 0 atom stereocenters. The molecule has 0 bridgehead atoms. The molecule has 2 aromatic rings. The number of esters is 1. The van der Waals surface area contributed by atoms with Crippen molar-refractivity contribution in [2.75, 3.05) is 6.61 Å². The Morgan fingerprint density at radius 3 is 1.95 bits per heavy atom. The van der Waals surface area contributed by atoms with Crippen molar-refractivity contribution in [2.45, 2.75) is 0 Å². The topological polar surface area (TPSA) is 44.8 Å². The number of carbonyl (C=O) groups excluding carboxylic acids is 1. The summed E-state index contributed by atoms with van der Waals surface area (Å²) in [5.74, 6) is 0.613. The molecule has 0 N–H and O–H groups in total. The van der Waals surface area contributed by atoms with Gasteiger partial charge in [0.15, 0.2) is 5.75 Å². The van der Waals surface area contributed by atoms with Crippen LogP contribution in [0.2, 0.25) is 0 Å². The lowest BCUT2D eigenvalue weighted by atomic mass is 10.1. The highest BCUT2D eigenvalue weighted by Crippen LogP contribution is 2.24. The first-order valence-electron chi connectivity index (χ1n) is 6.68. The van der Waals surface area contributed by atoms with Crippen LogP contribution in [-0.4, -0.2) is 12.6 Å². The summed E-state index contributed by atoms with van der Waals surface area (Å²) in [5.41, 5.74) is 2.01. The molecule has 0 spiro atoms. The minimum absolute atomic E-state index is 0.326. The minimum Gasteiger partial charge on any atom is -0.423 e. The zero-order valence-electron chi connectivity index (χ0n) is 12.0. The van der Waals surface area contributed by atoms with Crippen LogP contribution < -0.4 is 9.62 Å². The van der Waals surface area contributed by atoms with Gasteiger partial charge in [-0.05, 0) is 35.4 Å². The van der Waals surface area contributed by atoms with Gasteiger partial charge in [-0.1, -0.05) is 36.9 Å². The normalized spacial score (nSPS) is 9.82. The standard InChI is InChI=1S/C18H16O4/c1-3-13-20-22-17-11-7-15(8-12-17)14-5-9-16(10-6-14)21-18(19)4-2/h3-12H,1-2,13H2. The van der Waals surface area contributed by atoms with Gasteiger partial charge in [-0.3, -0.25) is 0 Å². The predicted molar refractivity (Wildman–Crippen MR) is 84.5 cm³/mol. The van der Waals surface area contributed by atoms with E-state index in [-0.39, 0.29) is 0 Å². The quantitative estimate of drug-likeness (QED) is 0.148. The summed E-state index contributed by atoms with van der Waals surface area (Å²) in [6.07, 6.45) is 2.73. The summed E-state index contributed by atoms with van der Waals surface area (Å²) >= 11 is 0. The third-order valence-corrected chi connectivity index (χ3v) is 2.77. The first kappa shape index (κ1) is 15.5. The van der Waals surface area contributed by atoms with E-state index in [1.807, 2.05) is 36.4 Å². The van der Waals surface area contributed by atoms with E-state index in [9.17, 15) is 4.79 Å². The van der Waals surface area contributed by atoms with Gasteiger partial charge in [-0.2, -0.15) is 4.89 Å². The highest BCUT2D eigenvalue weighted by atomic mass is 17.2. The second-order valence-corrected chi connectivity index (χ2v) is 4.33. The van der Waals surface area contributed by atoms with E-state index in [4.69, 9.17) is 14.5 Å². The predicted octanol–water partition coefficient (Wildman–Crippen LogP) is 3.94. The van der Waals surface area contributed by atoms with Crippen LogP contribution in [0.1, 0.15) is 0 Å².